The lowest BCUT2D eigenvalue weighted by molar-refractivity contribution is 0.0697. The molecule has 0 bridgehead atoms. The van der Waals surface area contributed by atoms with Crippen LogP contribution in [0.1, 0.15) is 15.9 Å². The van der Waals surface area contributed by atoms with Crippen molar-refractivity contribution in [2.45, 2.75) is 6.54 Å². The summed E-state index contributed by atoms with van der Waals surface area (Å²) in [6, 6.07) is 3.74. The molecule has 0 aromatic carbocycles. The topological polar surface area (TPSA) is 92.9 Å². The van der Waals surface area contributed by atoms with Crippen LogP contribution in [0.2, 0.25) is 0 Å². The van der Waals surface area contributed by atoms with E-state index in [0.29, 0.717) is 23.3 Å². The maximum Gasteiger partial charge on any atom is 0.339 e. The molecule has 7 heteroatoms. The van der Waals surface area contributed by atoms with E-state index in [4.69, 9.17) is 0 Å². The molecule has 21 heavy (non-hydrogen) atoms. The summed E-state index contributed by atoms with van der Waals surface area (Å²) >= 11 is 0. The minimum Gasteiger partial charge on any atom is -0.478 e. The van der Waals surface area contributed by atoms with Crippen LogP contribution in [-0.4, -0.2) is 30.8 Å². The molecule has 0 aliphatic rings. The monoisotopic (exact) mass is 283 g/mol. The predicted molar refractivity (Wildman–Crippen MR) is 77.0 cm³/mol. The summed E-state index contributed by atoms with van der Waals surface area (Å²) in [5.41, 5.74) is 2.30. The first kappa shape index (κ1) is 13.0. The van der Waals surface area contributed by atoms with Gasteiger partial charge in [-0.25, -0.2) is 9.78 Å². The number of carboxylic acids is 1. The number of aromatic carboxylic acids is 1. The van der Waals surface area contributed by atoms with Crippen LogP contribution in [0.4, 0.5) is 5.69 Å². The van der Waals surface area contributed by atoms with Crippen LogP contribution in [0.3, 0.4) is 0 Å². The van der Waals surface area contributed by atoms with Crippen LogP contribution in [0.5, 0.6) is 0 Å². The van der Waals surface area contributed by atoms with Crippen molar-refractivity contribution in [3.8, 4) is 0 Å². The van der Waals surface area contributed by atoms with Gasteiger partial charge >= 0.3 is 5.97 Å². The van der Waals surface area contributed by atoms with E-state index in [1.807, 2.05) is 12.1 Å². The second-order valence-electron chi connectivity index (χ2n) is 4.57. The first-order valence-corrected chi connectivity index (χ1v) is 6.33. The Hall–Kier alpha value is -2.96. The Balaban J connectivity index is 2.02. The Morgan fingerprint density at radius 2 is 2.10 bits per heavy atom. The van der Waals surface area contributed by atoms with E-state index in [1.165, 1.54) is 6.20 Å². The number of nitrogens with zero attached hydrogens (tertiary/aromatic N) is 4. The minimum absolute atomic E-state index is 0.129. The summed E-state index contributed by atoms with van der Waals surface area (Å²) in [5.74, 6) is -1.02. The van der Waals surface area contributed by atoms with Gasteiger partial charge < -0.3 is 10.4 Å². The van der Waals surface area contributed by atoms with Gasteiger partial charge in [0.25, 0.3) is 0 Å². The summed E-state index contributed by atoms with van der Waals surface area (Å²) in [7, 11) is 1.77. The first-order chi connectivity index (χ1) is 10.2. The molecule has 0 spiro atoms. The third-order valence-corrected chi connectivity index (χ3v) is 3.21. The zero-order valence-corrected chi connectivity index (χ0v) is 11.3. The van der Waals surface area contributed by atoms with Crippen molar-refractivity contribution >= 4 is 22.7 Å². The normalized spacial score (nSPS) is 10.7. The minimum atomic E-state index is -1.02. The van der Waals surface area contributed by atoms with Gasteiger partial charge in [0.2, 0.25) is 0 Å². The van der Waals surface area contributed by atoms with E-state index in [9.17, 15) is 9.90 Å². The van der Waals surface area contributed by atoms with E-state index >= 15 is 0 Å². The highest BCUT2D eigenvalue weighted by molar-refractivity contribution is 6.03. The van der Waals surface area contributed by atoms with Gasteiger partial charge in [0.05, 0.1) is 17.3 Å². The Morgan fingerprint density at radius 1 is 1.33 bits per heavy atom. The Bertz CT molecular complexity index is 798. The van der Waals surface area contributed by atoms with Crippen LogP contribution < -0.4 is 5.32 Å². The fraction of sp³-hybridized carbons (Fsp3) is 0.143. The molecular formula is C14H13N5O2. The molecular weight excluding hydrogens is 270 g/mol. The van der Waals surface area contributed by atoms with Gasteiger partial charge in [0.15, 0.2) is 5.65 Å². The number of hydrogen-bond donors (Lipinski definition) is 2. The van der Waals surface area contributed by atoms with Gasteiger partial charge in [0.1, 0.15) is 5.56 Å². The average Bonchev–Trinajstić information content (AvgIpc) is 2.87. The van der Waals surface area contributed by atoms with Crippen molar-refractivity contribution < 1.29 is 9.90 Å². The lowest BCUT2D eigenvalue weighted by Crippen LogP contribution is -2.08. The number of carbonyl (C=O) groups is 1. The van der Waals surface area contributed by atoms with Crippen molar-refractivity contribution in [3.05, 3.63) is 48.0 Å². The zero-order valence-electron chi connectivity index (χ0n) is 11.3. The Kier molecular flexibility index (Phi) is 3.23. The molecule has 0 aliphatic carbocycles. The third-order valence-electron chi connectivity index (χ3n) is 3.21. The number of pyridine rings is 2. The maximum absolute atomic E-state index is 11.4. The average molecular weight is 283 g/mol. The molecule has 106 valence electrons. The smallest absolute Gasteiger partial charge is 0.339 e. The van der Waals surface area contributed by atoms with E-state index in [-0.39, 0.29) is 5.56 Å². The molecule has 0 saturated heterocycles. The number of carboxylic acid groups (broad SMARTS) is 1. The van der Waals surface area contributed by atoms with Gasteiger partial charge in [-0.2, -0.15) is 5.10 Å². The van der Waals surface area contributed by atoms with Gasteiger partial charge in [-0.05, 0) is 17.7 Å². The molecule has 3 aromatic heterocycles. The van der Waals surface area contributed by atoms with Crippen LogP contribution in [0.25, 0.3) is 11.0 Å². The van der Waals surface area contributed by atoms with Crippen LogP contribution in [-0.2, 0) is 13.6 Å². The van der Waals surface area contributed by atoms with Crippen molar-refractivity contribution in [1.29, 1.82) is 0 Å². The molecule has 0 unspecified atom stereocenters. The number of fused-ring (bicyclic) bond motifs is 1. The van der Waals surface area contributed by atoms with E-state index in [1.54, 1.807) is 30.3 Å². The summed E-state index contributed by atoms with van der Waals surface area (Å²) < 4.78 is 1.61. The van der Waals surface area contributed by atoms with Crippen LogP contribution in [0.15, 0.2) is 36.9 Å². The highest BCUT2D eigenvalue weighted by Crippen LogP contribution is 2.26. The highest BCUT2D eigenvalue weighted by Gasteiger charge is 2.16. The molecule has 0 saturated carbocycles. The van der Waals surface area contributed by atoms with Crippen LogP contribution in [0, 0.1) is 0 Å². The second kappa shape index (κ2) is 5.20. The number of anilines is 1. The van der Waals surface area contributed by atoms with Gasteiger partial charge in [-0.1, -0.05) is 0 Å². The number of aromatic nitrogens is 4. The summed E-state index contributed by atoms with van der Waals surface area (Å²) in [5, 5.41) is 17.3. The van der Waals surface area contributed by atoms with Gasteiger partial charge in [-0.3, -0.25) is 9.67 Å². The molecule has 3 aromatic rings. The maximum atomic E-state index is 11.4. The second-order valence-corrected chi connectivity index (χ2v) is 4.57. The lowest BCUT2D eigenvalue weighted by Gasteiger charge is -2.10. The van der Waals surface area contributed by atoms with Crippen molar-refractivity contribution in [3.63, 3.8) is 0 Å². The third kappa shape index (κ3) is 2.40. The SMILES string of the molecule is Cn1ncc2c(NCc3ccncc3)c(C(=O)O)cnc21. The van der Waals surface area contributed by atoms with Crippen molar-refractivity contribution in [1.82, 2.24) is 19.7 Å². The number of rotatable bonds is 4. The van der Waals surface area contributed by atoms with E-state index < -0.39 is 5.97 Å². The number of hydrogen-bond acceptors (Lipinski definition) is 5. The standard InChI is InChI=1S/C14H13N5O2/c1-19-13-10(8-18-19)12(11(7-17-13)14(20)21)16-6-9-2-4-15-5-3-9/h2-5,7-8H,6H2,1H3,(H,16,17)(H,20,21). The molecule has 3 heterocycles. The summed E-state index contributed by atoms with van der Waals surface area (Å²) in [6.45, 7) is 0.497. The molecule has 0 atom stereocenters. The van der Waals surface area contributed by atoms with Crippen molar-refractivity contribution in [2.24, 2.45) is 7.05 Å². The van der Waals surface area contributed by atoms with Crippen molar-refractivity contribution in [2.75, 3.05) is 5.32 Å². The van der Waals surface area contributed by atoms with Crippen LogP contribution >= 0.6 is 0 Å². The Morgan fingerprint density at radius 3 is 2.81 bits per heavy atom. The fourth-order valence-electron chi connectivity index (χ4n) is 2.14. The quantitative estimate of drug-likeness (QED) is 0.756. The van der Waals surface area contributed by atoms with E-state index in [0.717, 1.165) is 5.56 Å². The Labute approximate surface area is 120 Å². The summed E-state index contributed by atoms with van der Waals surface area (Å²) in [6.07, 6.45) is 6.35. The molecule has 2 N–H and O–H groups in total. The molecule has 3 rings (SSSR count). The molecule has 7 nitrogen and oxygen atoms in total. The van der Waals surface area contributed by atoms with E-state index in [2.05, 4.69) is 20.4 Å². The van der Waals surface area contributed by atoms with Gasteiger partial charge in [0, 0.05) is 32.2 Å². The first-order valence-electron chi connectivity index (χ1n) is 6.33. The molecule has 0 aliphatic heterocycles. The lowest BCUT2D eigenvalue weighted by atomic mass is 10.1. The van der Waals surface area contributed by atoms with Gasteiger partial charge in [-0.15, -0.1) is 0 Å². The fourth-order valence-corrected chi connectivity index (χ4v) is 2.14. The molecule has 0 amide bonds. The largest absolute Gasteiger partial charge is 0.478 e. The molecule has 0 radical (unpaired) electrons. The summed E-state index contributed by atoms with van der Waals surface area (Å²) in [4.78, 5) is 19.5. The molecule has 0 fully saturated rings. The zero-order chi connectivity index (χ0) is 14.8. The predicted octanol–water partition coefficient (Wildman–Crippen LogP) is 1.67. The number of aryl methyl sites for hydroxylation is 1. The highest BCUT2D eigenvalue weighted by atomic mass is 16.4. The number of nitrogens with one attached hydrogen (secondary N) is 1.